The zero-order chi connectivity index (χ0) is 22.3. The van der Waals surface area contributed by atoms with Gasteiger partial charge in [-0.25, -0.2) is 0 Å². The van der Waals surface area contributed by atoms with E-state index >= 15 is 0 Å². The lowest BCUT2D eigenvalue weighted by molar-refractivity contribution is -0.119. The van der Waals surface area contributed by atoms with Crippen LogP contribution < -0.4 is 10.1 Å². The van der Waals surface area contributed by atoms with Crippen molar-refractivity contribution in [1.82, 2.24) is 20.1 Å². The van der Waals surface area contributed by atoms with Gasteiger partial charge in [0.25, 0.3) is 0 Å². The molecule has 1 aliphatic carbocycles. The third-order valence-electron chi connectivity index (χ3n) is 5.62. The predicted molar refractivity (Wildman–Crippen MR) is 129 cm³/mol. The van der Waals surface area contributed by atoms with Crippen molar-refractivity contribution in [2.24, 2.45) is 0 Å². The lowest BCUT2D eigenvalue weighted by Crippen LogP contribution is -2.35. The Bertz CT molecular complexity index is 1050. The molecule has 3 aromatic rings. The number of ether oxygens (including phenoxy) is 1. The quantitative estimate of drug-likeness (QED) is 0.363. The molecule has 1 heterocycles. The molecule has 1 fully saturated rings. The molecular formula is C24H27ClN4O2S. The Morgan fingerprint density at radius 1 is 1.09 bits per heavy atom. The van der Waals surface area contributed by atoms with Gasteiger partial charge < -0.3 is 10.1 Å². The highest BCUT2D eigenvalue weighted by Gasteiger charge is 2.21. The van der Waals surface area contributed by atoms with Crippen molar-refractivity contribution in [2.45, 2.75) is 49.7 Å². The van der Waals surface area contributed by atoms with Crippen LogP contribution in [0.5, 0.6) is 5.75 Å². The third-order valence-corrected chi connectivity index (χ3v) is 6.80. The van der Waals surface area contributed by atoms with E-state index in [0.29, 0.717) is 21.8 Å². The molecule has 8 heteroatoms. The van der Waals surface area contributed by atoms with Crippen LogP contribution in [0.15, 0.2) is 53.7 Å². The molecule has 1 N–H and O–H groups in total. The van der Waals surface area contributed by atoms with E-state index in [1.807, 2.05) is 53.1 Å². The molecule has 6 nitrogen and oxygen atoms in total. The molecule has 0 radical (unpaired) electrons. The van der Waals surface area contributed by atoms with Gasteiger partial charge in [0.15, 0.2) is 11.0 Å². The van der Waals surface area contributed by atoms with Gasteiger partial charge in [-0.05, 0) is 49.2 Å². The number of benzene rings is 2. The molecule has 1 saturated carbocycles. The minimum atomic E-state index is 0.0337. The Kier molecular flexibility index (Phi) is 7.71. The number of para-hydroxylation sites is 1. The van der Waals surface area contributed by atoms with Crippen LogP contribution in [0.25, 0.3) is 17.1 Å². The van der Waals surface area contributed by atoms with Crippen LogP contribution in [0, 0.1) is 0 Å². The standard InChI is InChI=1S/C24H27ClN4O2S/c1-31-21-11-7-6-10-20(21)23-27-28-24(29(23)19-14-12-17(25)13-15-19)32-16-22(30)26-18-8-4-2-3-5-9-18/h6-7,10-15,18H,2-5,8-9,16H2,1H3,(H,26,30). The van der Waals surface area contributed by atoms with Gasteiger partial charge in [0, 0.05) is 16.8 Å². The van der Waals surface area contributed by atoms with Crippen LogP contribution in [-0.2, 0) is 4.79 Å². The van der Waals surface area contributed by atoms with Crippen molar-refractivity contribution in [3.8, 4) is 22.8 Å². The number of hydrogen-bond donors (Lipinski definition) is 1. The first kappa shape index (κ1) is 22.7. The fraction of sp³-hybridized carbons (Fsp3) is 0.375. The minimum absolute atomic E-state index is 0.0337. The summed E-state index contributed by atoms with van der Waals surface area (Å²) in [7, 11) is 1.63. The number of amides is 1. The number of methoxy groups -OCH3 is 1. The van der Waals surface area contributed by atoms with Crippen LogP contribution in [0.4, 0.5) is 0 Å². The Hall–Kier alpha value is -2.51. The van der Waals surface area contributed by atoms with E-state index < -0.39 is 0 Å². The SMILES string of the molecule is COc1ccccc1-c1nnc(SCC(=O)NC2CCCCCC2)n1-c1ccc(Cl)cc1. The average molecular weight is 471 g/mol. The van der Waals surface area contributed by atoms with Gasteiger partial charge in [0.1, 0.15) is 5.75 Å². The summed E-state index contributed by atoms with van der Waals surface area (Å²) in [5, 5.41) is 13.3. The molecular weight excluding hydrogens is 444 g/mol. The molecule has 168 valence electrons. The van der Waals surface area contributed by atoms with Crippen molar-refractivity contribution >= 4 is 29.3 Å². The largest absolute Gasteiger partial charge is 0.496 e. The number of halogens is 1. The summed E-state index contributed by atoms with van der Waals surface area (Å²) in [6, 6.07) is 15.5. The first-order valence-corrected chi connectivity index (χ1v) is 12.3. The molecule has 32 heavy (non-hydrogen) atoms. The second-order valence-electron chi connectivity index (χ2n) is 7.86. The Labute approximate surface area is 197 Å². The maximum absolute atomic E-state index is 12.6. The average Bonchev–Trinajstić information content (AvgIpc) is 3.06. The van der Waals surface area contributed by atoms with Gasteiger partial charge >= 0.3 is 0 Å². The molecule has 1 aliphatic rings. The molecule has 0 spiro atoms. The van der Waals surface area contributed by atoms with Crippen LogP contribution in [0.3, 0.4) is 0 Å². The maximum Gasteiger partial charge on any atom is 0.230 e. The first-order valence-electron chi connectivity index (χ1n) is 10.9. The van der Waals surface area contributed by atoms with E-state index in [9.17, 15) is 4.79 Å². The van der Waals surface area contributed by atoms with E-state index in [4.69, 9.17) is 16.3 Å². The molecule has 4 rings (SSSR count). The predicted octanol–water partition coefficient (Wildman–Crippen LogP) is 5.53. The Balaban J connectivity index is 1.58. The van der Waals surface area contributed by atoms with E-state index in [0.717, 1.165) is 24.1 Å². The second kappa shape index (κ2) is 10.9. The van der Waals surface area contributed by atoms with Crippen molar-refractivity contribution in [3.05, 3.63) is 53.6 Å². The van der Waals surface area contributed by atoms with E-state index in [1.165, 1.54) is 37.4 Å². The summed E-state index contributed by atoms with van der Waals surface area (Å²) in [5.41, 5.74) is 1.69. The van der Waals surface area contributed by atoms with Crippen LogP contribution in [0.1, 0.15) is 38.5 Å². The summed E-state index contributed by atoms with van der Waals surface area (Å²) in [6.07, 6.45) is 7.02. The summed E-state index contributed by atoms with van der Waals surface area (Å²) in [4.78, 5) is 12.6. The van der Waals surface area contributed by atoms with Gasteiger partial charge in [-0.3, -0.25) is 9.36 Å². The summed E-state index contributed by atoms with van der Waals surface area (Å²) in [5.74, 6) is 1.68. The highest BCUT2D eigenvalue weighted by molar-refractivity contribution is 7.99. The smallest absolute Gasteiger partial charge is 0.230 e. The highest BCUT2D eigenvalue weighted by Crippen LogP contribution is 2.33. The number of carbonyl (C=O) groups excluding carboxylic acids is 1. The normalized spacial score (nSPS) is 14.7. The number of thioether (sulfide) groups is 1. The van der Waals surface area contributed by atoms with Gasteiger partial charge in [-0.2, -0.15) is 0 Å². The monoisotopic (exact) mass is 470 g/mol. The minimum Gasteiger partial charge on any atom is -0.496 e. The van der Waals surface area contributed by atoms with Crippen molar-refractivity contribution in [1.29, 1.82) is 0 Å². The van der Waals surface area contributed by atoms with E-state index in [1.54, 1.807) is 7.11 Å². The van der Waals surface area contributed by atoms with Crippen LogP contribution in [-0.4, -0.2) is 39.6 Å². The first-order chi connectivity index (χ1) is 15.7. The third kappa shape index (κ3) is 5.45. The molecule has 0 atom stereocenters. The van der Waals surface area contributed by atoms with Crippen LogP contribution in [0.2, 0.25) is 5.02 Å². The zero-order valence-corrected chi connectivity index (χ0v) is 19.7. The lowest BCUT2D eigenvalue weighted by atomic mass is 10.1. The molecule has 0 saturated heterocycles. The number of nitrogens with zero attached hydrogens (tertiary/aromatic N) is 3. The van der Waals surface area contributed by atoms with Gasteiger partial charge in [0.05, 0.1) is 18.4 Å². The van der Waals surface area contributed by atoms with Gasteiger partial charge in [-0.1, -0.05) is 61.2 Å². The zero-order valence-electron chi connectivity index (χ0n) is 18.1. The molecule has 2 aromatic carbocycles. The molecule has 0 aliphatic heterocycles. The second-order valence-corrected chi connectivity index (χ2v) is 9.24. The molecule has 0 bridgehead atoms. The van der Waals surface area contributed by atoms with Gasteiger partial charge in [-0.15, -0.1) is 10.2 Å². The van der Waals surface area contributed by atoms with Crippen molar-refractivity contribution < 1.29 is 9.53 Å². The Morgan fingerprint density at radius 3 is 2.53 bits per heavy atom. The summed E-state index contributed by atoms with van der Waals surface area (Å²) < 4.78 is 7.48. The number of nitrogens with one attached hydrogen (secondary N) is 1. The maximum atomic E-state index is 12.6. The number of aromatic nitrogens is 3. The van der Waals surface area contributed by atoms with Crippen molar-refractivity contribution in [2.75, 3.05) is 12.9 Å². The molecule has 1 aromatic heterocycles. The fourth-order valence-corrected chi connectivity index (χ4v) is 4.90. The van der Waals surface area contributed by atoms with E-state index in [2.05, 4.69) is 15.5 Å². The number of rotatable bonds is 7. The fourth-order valence-electron chi connectivity index (χ4n) is 4.01. The van der Waals surface area contributed by atoms with Crippen molar-refractivity contribution in [3.63, 3.8) is 0 Å². The van der Waals surface area contributed by atoms with Crippen LogP contribution >= 0.6 is 23.4 Å². The number of hydrogen-bond acceptors (Lipinski definition) is 5. The summed E-state index contributed by atoms with van der Waals surface area (Å²) >= 11 is 7.49. The highest BCUT2D eigenvalue weighted by atomic mass is 35.5. The molecule has 0 unspecified atom stereocenters. The lowest BCUT2D eigenvalue weighted by Gasteiger charge is -2.16. The Morgan fingerprint density at radius 2 is 1.81 bits per heavy atom. The number of carbonyl (C=O) groups is 1. The summed E-state index contributed by atoms with van der Waals surface area (Å²) in [6.45, 7) is 0. The van der Waals surface area contributed by atoms with Gasteiger partial charge in [0.2, 0.25) is 5.91 Å². The van der Waals surface area contributed by atoms with E-state index in [-0.39, 0.29) is 17.7 Å². The molecule has 1 amide bonds. The topological polar surface area (TPSA) is 69.0 Å².